The van der Waals surface area contributed by atoms with Crippen LogP contribution in [0.2, 0.25) is 0 Å². The van der Waals surface area contributed by atoms with Crippen molar-refractivity contribution < 1.29 is 13.2 Å². The molecule has 21 heavy (non-hydrogen) atoms. The van der Waals surface area contributed by atoms with Crippen LogP contribution in [0.5, 0.6) is 0 Å². The Hall–Kier alpha value is -1.23. The zero-order chi connectivity index (χ0) is 15.6. The van der Waals surface area contributed by atoms with E-state index in [1.54, 1.807) is 0 Å². The van der Waals surface area contributed by atoms with Crippen LogP contribution in [0.15, 0.2) is 12.1 Å². The van der Waals surface area contributed by atoms with E-state index < -0.39 is 17.5 Å². The summed E-state index contributed by atoms with van der Waals surface area (Å²) in [5, 5.41) is 3.48. The second-order valence-electron chi connectivity index (χ2n) is 5.81. The Morgan fingerprint density at radius 3 is 2.57 bits per heavy atom. The zero-order valence-electron chi connectivity index (χ0n) is 12.8. The first kappa shape index (κ1) is 16.1. The molecule has 0 radical (unpaired) electrons. The molecule has 2 rings (SSSR count). The van der Waals surface area contributed by atoms with Gasteiger partial charge in [0.1, 0.15) is 0 Å². The van der Waals surface area contributed by atoms with E-state index >= 15 is 0 Å². The number of hydrogen-bond acceptors (Lipinski definition) is 2. The van der Waals surface area contributed by atoms with Crippen LogP contribution in [0.4, 0.5) is 18.9 Å². The van der Waals surface area contributed by atoms with Gasteiger partial charge in [0.15, 0.2) is 17.5 Å². The quantitative estimate of drug-likeness (QED) is 0.853. The predicted molar refractivity (Wildman–Crippen MR) is 79.0 cm³/mol. The van der Waals surface area contributed by atoms with E-state index in [1.165, 1.54) is 6.07 Å². The van der Waals surface area contributed by atoms with E-state index in [0.717, 1.165) is 25.5 Å². The van der Waals surface area contributed by atoms with E-state index in [2.05, 4.69) is 19.2 Å². The first-order valence-electron chi connectivity index (χ1n) is 7.63. The van der Waals surface area contributed by atoms with Crippen molar-refractivity contribution in [2.75, 3.05) is 18.0 Å². The highest BCUT2D eigenvalue weighted by Crippen LogP contribution is 2.29. The first-order valence-corrected chi connectivity index (χ1v) is 7.63. The zero-order valence-corrected chi connectivity index (χ0v) is 12.8. The highest BCUT2D eigenvalue weighted by atomic mass is 19.2. The predicted octanol–water partition coefficient (Wildman–Crippen LogP) is 3.71. The molecule has 0 aromatic heterocycles. The van der Waals surface area contributed by atoms with Gasteiger partial charge in [0.25, 0.3) is 0 Å². The summed E-state index contributed by atoms with van der Waals surface area (Å²) in [6.07, 6.45) is 1.83. The topological polar surface area (TPSA) is 15.3 Å². The summed E-state index contributed by atoms with van der Waals surface area (Å²) < 4.78 is 40.7. The molecule has 1 fully saturated rings. The number of rotatable bonds is 4. The molecule has 0 bridgehead atoms. The average molecular weight is 300 g/mol. The molecule has 3 atom stereocenters. The molecular formula is C16H23F3N2. The molecule has 0 amide bonds. The highest BCUT2D eigenvalue weighted by molar-refractivity contribution is 5.50. The lowest BCUT2D eigenvalue weighted by atomic mass is 9.94. The van der Waals surface area contributed by atoms with Crippen molar-refractivity contribution in [2.24, 2.45) is 5.92 Å². The lowest BCUT2D eigenvalue weighted by Crippen LogP contribution is -2.58. The Kier molecular flexibility index (Phi) is 5.14. The van der Waals surface area contributed by atoms with Gasteiger partial charge in [-0.2, -0.15) is 0 Å². The molecular weight excluding hydrogens is 277 g/mol. The molecule has 0 saturated carbocycles. The minimum atomic E-state index is -1.39. The molecule has 5 heteroatoms. The number of piperazine rings is 1. The highest BCUT2D eigenvalue weighted by Gasteiger charge is 2.31. The SMILES string of the molecule is CCC(C)C1CN(c2ccc(F)c(F)c2F)C(CC)CN1. The Balaban J connectivity index is 2.31. The van der Waals surface area contributed by atoms with Crippen LogP contribution >= 0.6 is 0 Å². The van der Waals surface area contributed by atoms with Gasteiger partial charge >= 0.3 is 0 Å². The Morgan fingerprint density at radius 2 is 1.95 bits per heavy atom. The summed E-state index contributed by atoms with van der Waals surface area (Å²) in [6, 6.07) is 2.66. The molecule has 1 heterocycles. The third-order valence-corrected chi connectivity index (χ3v) is 4.58. The molecule has 1 aliphatic heterocycles. The van der Waals surface area contributed by atoms with Gasteiger partial charge in [-0.05, 0) is 24.5 Å². The summed E-state index contributed by atoms with van der Waals surface area (Å²) >= 11 is 0. The summed E-state index contributed by atoms with van der Waals surface area (Å²) in [4.78, 5) is 1.88. The third kappa shape index (κ3) is 3.18. The monoisotopic (exact) mass is 300 g/mol. The fourth-order valence-corrected chi connectivity index (χ4v) is 2.89. The Labute approximate surface area is 124 Å². The van der Waals surface area contributed by atoms with Crippen LogP contribution in [0, 0.1) is 23.4 Å². The van der Waals surface area contributed by atoms with Gasteiger partial charge in [0.05, 0.1) is 5.69 Å². The normalized spacial score (nSPS) is 24.2. The summed E-state index contributed by atoms with van der Waals surface area (Å²) in [7, 11) is 0. The summed E-state index contributed by atoms with van der Waals surface area (Å²) in [5.41, 5.74) is 0.163. The molecule has 3 unspecified atom stereocenters. The van der Waals surface area contributed by atoms with Gasteiger partial charge in [-0.3, -0.25) is 0 Å². The number of benzene rings is 1. The average Bonchev–Trinajstić information content (AvgIpc) is 2.51. The number of nitrogens with zero attached hydrogens (tertiary/aromatic N) is 1. The van der Waals surface area contributed by atoms with Crippen molar-refractivity contribution in [2.45, 2.75) is 45.7 Å². The van der Waals surface area contributed by atoms with Crippen LogP contribution in [0.3, 0.4) is 0 Å². The van der Waals surface area contributed by atoms with Gasteiger partial charge in [-0.15, -0.1) is 0 Å². The van der Waals surface area contributed by atoms with Crippen molar-refractivity contribution in [3.05, 3.63) is 29.6 Å². The van der Waals surface area contributed by atoms with Gasteiger partial charge in [0, 0.05) is 25.2 Å². The summed E-state index contributed by atoms with van der Waals surface area (Å²) in [6.45, 7) is 7.60. The van der Waals surface area contributed by atoms with Crippen LogP contribution in [-0.2, 0) is 0 Å². The molecule has 1 N–H and O–H groups in total. The maximum Gasteiger partial charge on any atom is 0.196 e. The van der Waals surface area contributed by atoms with E-state index in [0.29, 0.717) is 12.5 Å². The smallest absolute Gasteiger partial charge is 0.196 e. The first-order chi connectivity index (χ1) is 9.99. The van der Waals surface area contributed by atoms with Crippen molar-refractivity contribution in [1.29, 1.82) is 0 Å². The molecule has 0 spiro atoms. The van der Waals surface area contributed by atoms with Crippen LogP contribution < -0.4 is 10.2 Å². The minimum absolute atomic E-state index is 0.0877. The van der Waals surface area contributed by atoms with Crippen molar-refractivity contribution >= 4 is 5.69 Å². The van der Waals surface area contributed by atoms with Crippen molar-refractivity contribution in [3.8, 4) is 0 Å². The van der Waals surface area contributed by atoms with Crippen LogP contribution in [0.25, 0.3) is 0 Å². The fraction of sp³-hybridized carbons (Fsp3) is 0.625. The fourth-order valence-electron chi connectivity index (χ4n) is 2.89. The van der Waals surface area contributed by atoms with Crippen molar-refractivity contribution in [3.63, 3.8) is 0 Å². The standard InChI is InChI=1S/C16H23F3N2/c1-4-10(3)13-9-21(11(5-2)8-20-13)14-7-6-12(17)15(18)16(14)19/h6-7,10-11,13,20H,4-5,8-9H2,1-3H3. The molecule has 2 nitrogen and oxygen atoms in total. The van der Waals surface area contributed by atoms with Crippen LogP contribution in [-0.4, -0.2) is 25.2 Å². The van der Waals surface area contributed by atoms with Gasteiger partial charge < -0.3 is 10.2 Å². The van der Waals surface area contributed by atoms with E-state index in [1.807, 2.05) is 11.8 Å². The van der Waals surface area contributed by atoms with E-state index in [9.17, 15) is 13.2 Å². The number of halogens is 3. The molecule has 1 aromatic carbocycles. The number of hydrogen-bond donors (Lipinski definition) is 1. The maximum absolute atomic E-state index is 14.1. The summed E-state index contributed by atoms with van der Waals surface area (Å²) in [5.74, 6) is -3.17. The molecule has 1 aliphatic rings. The largest absolute Gasteiger partial charge is 0.363 e. The Morgan fingerprint density at radius 1 is 1.24 bits per heavy atom. The van der Waals surface area contributed by atoms with Gasteiger partial charge in [-0.25, -0.2) is 13.2 Å². The second-order valence-corrected chi connectivity index (χ2v) is 5.81. The lowest BCUT2D eigenvalue weighted by molar-refractivity contribution is 0.303. The Bertz CT molecular complexity index is 493. The van der Waals surface area contributed by atoms with Gasteiger partial charge in [-0.1, -0.05) is 27.2 Å². The van der Waals surface area contributed by atoms with Crippen LogP contribution in [0.1, 0.15) is 33.6 Å². The number of nitrogens with one attached hydrogen (secondary N) is 1. The molecule has 1 saturated heterocycles. The minimum Gasteiger partial charge on any atom is -0.363 e. The molecule has 1 aromatic rings. The van der Waals surface area contributed by atoms with E-state index in [-0.39, 0.29) is 17.8 Å². The van der Waals surface area contributed by atoms with E-state index in [4.69, 9.17) is 0 Å². The lowest BCUT2D eigenvalue weighted by Gasteiger charge is -2.43. The second kappa shape index (κ2) is 6.69. The van der Waals surface area contributed by atoms with Gasteiger partial charge in [0.2, 0.25) is 0 Å². The van der Waals surface area contributed by atoms with Crippen molar-refractivity contribution in [1.82, 2.24) is 5.32 Å². The third-order valence-electron chi connectivity index (χ3n) is 4.58. The number of anilines is 1. The molecule has 118 valence electrons. The maximum atomic E-state index is 14.1. The molecule has 0 aliphatic carbocycles.